The number of esters is 1. The average Bonchev–Trinajstić information content (AvgIpc) is 2.52. The van der Waals surface area contributed by atoms with Gasteiger partial charge in [0.15, 0.2) is 18.1 Å². The second kappa shape index (κ2) is 6.63. The van der Waals surface area contributed by atoms with Crippen LogP contribution in [0.3, 0.4) is 0 Å². The fourth-order valence-electron chi connectivity index (χ4n) is 1.83. The molecule has 0 saturated heterocycles. The highest BCUT2D eigenvalue weighted by molar-refractivity contribution is 6.02. The fraction of sp³-hybridized carbons (Fsp3) is 0.267. The Labute approximate surface area is 126 Å². The molecule has 1 heterocycles. The van der Waals surface area contributed by atoms with E-state index in [1.54, 1.807) is 12.1 Å². The molecule has 1 aromatic rings. The van der Waals surface area contributed by atoms with Crippen molar-refractivity contribution in [2.75, 3.05) is 19.8 Å². The van der Waals surface area contributed by atoms with E-state index in [0.29, 0.717) is 24.7 Å². The molecule has 0 bridgehead atoms. The number of nitrogens with two attached hydrogens (primary N) is 1. The normalized spacial score (nSPS) is 13.6. The number of carbonyl (C=O) groups is 2. The molecule has 0 fully saturated rings. The third-order valence-electron chi connectivity index (χ3n) is 2.90. The summed E-state index contributed by atoms with van der Waals surface area (Å²) in [6.07, 6.45) is 0. The molecular weight excluding hydrogens is 288 g/mol. The molecule has 0 radical (unpaired) electrons. The molecule has 2 N–H and O–H groups in total. The van der Waals surface area contributed by atoms with Crippen molar-refractivity contribution < 1.29 is 23.8 Å². The molecule has 7 heteroatoms. The van der Waals surface area contributed by atoms with E-state index in [1.807, 2.05) is 0 Å². The molecule has 0 unspecified atom stereocenters. The lowest BCUT2D eigenvalue weighted by Crippen LogP contribution is -2.18. The van der Waals surface area contributed by atoms with Crippen LogP contribution in [0.5, 0.6) is 11.5 Å². The molecule has 7 nitrogen and oxygen atoms in total. The maximum atomic E-state index is 11.9. The van der Waals surface area contributed by atoms with Gasteiger partial charge in [-0.25, -0.2) is 4.79 Å². The summed E-state index contributed by atoms with van der Waals surface area (Å²) in [6.45, 7) is 1.73. The van der Waals surface area contributed by atoms with Crippen molar-refractivity contribution in [3.05, 3.63) is 35.0 Å². The van der Waals surface area contributed by atoms with Gasteiger partial charge >= 0.3 is 5.97 Å². The Morgan fingerprint density at radius 1 is 1.32 bits per heavy atom. The number of ketones is 1. The third kappa shape index (κ3) is 3.35. The van der Waals surface area contributed by atoms with Gasteiger partial charge in [-0.3, -0.25) is 4.79 Å². The van der Waals surface area contributed by atoms with E-state index in [2.05, 4.69) is 0 Å². The smallest absolute Gasteiger partial charge is 0.338 e. The summed E-state index contributed by atoms with van der Waals surface area (Å²) in [5, 5.41) is 8.80. The molecule has 0 atom stereocenters. The van der Waals surface area contributed by atoms with Crippen LogP contribution in [0.25, 0.3) is 0 Å². The number of nitriles is 1. The SMILES string of the molecule is C/C(N)=C(/C#N)C(=O)COC(=O)c1ccc2c(c1)OCCO2. The molecule has 1 aliphatic rings. The lowest BCUT2D eigenvalue weighted by Gasteiger charge is -2.18. The van der Waals surface area contributed by atoms with Crippen molar-refractivity contribution in [3.8, 4) is 17.6 Å². The van der Waals surface area contributed by atoms with E-state index in [-0.39, 0.29) is 16.8 Å². The number of rotatable bonds is 4. The van der Waals surface area contributed by atoms with Crippen LogP contribution in [0, 0.1) is 11.3 Å². The minimum Gasteiger partial charge on any atom is -0.486 e. The lowest BCUT2D eigenvalue weighted by atomic mass is 10.1. The van der Waals surface area contributed by atoms with Gasteiger partial charge in [-0.1, -0.05) is 0 Å². The number of ether oxygens (including phenoxy) is 3. The molecule has 1 aromatic carbocycles. The summed E-state index contributed by atoms with van der Waals surface area (Å²) < 4.78 is 15.6. The number of Topliss-reactive ketones (excluding diaryl/α,β-unsaturated/α-hetero) is 1. The molecule has 2 rings (SSSR count). The number of hydrogen-bond donors (Lipinski definition) is 1. The zero-order chi connectivity index (χ0) is 16.1. The van der Waals surface area contributed by atoms with Gasteiger partial charge < -0.3 is 19.9 Å². The van der Waals surface area contributed by atoms with Crippen LogP contribution >= 0.6 is 0 Å². The van der Waals surface area contributed by atoms with Crippen LogP contribution in [0.15, 0.2) is 29.5 Å². The molecular formula is C15H14N2O5. The topological polar surface area (TPSA) is 112 Å². The lowest BCUT2D eigenvalue weighted by molar-refractivity contribution is -0.118. The monoisotopic (exact) mass is 302 g/mol. The molecule has 0 spiro atoms. The predicted octanol–water partition coefficient (Wildman–Crippen LogP) is 0.940. The second-order valence-corrected chi connectivity index (χ2v) is 4.53. The maximum Gasteiger partial charge on any atom is 0.338 e. The first-order chi connectivity index (χ1) is 10.5. The van der Waals surface area contributed by atoms with Crippen molar-refractivity contribution in [1.29, 1.82) is 5.26 Å². The fourth-order valence-corrected chi connectivity index (χ4v) is 1.83. The number of allylic oxidation sites excluding steroid dienone is 1. The first kappa shape index (κ1) is 15.4. The first-order valence-corrected chi connectivity index (χ1v) is 6.49. The van der Waals surface area contributed by atoms with Crippen LogP contribution < -0.4 is 15.2 Å². The largest absolute Gasteiger partial charge is 0.486 e. The van der Waals surface area contributed by atoms with Crippen molar-refractivity contribution in [2.24, 2.45) is 5.73 Å². The van der Waals surface area contributed by atoms with Gasteiger partial charge in [-0.15, -0.1) is 0 Å². The van der Waals surface area contributed by atoms with Crippen LogP contribution in [-0.4, -0.2) is 31.6 Å². The summed E-state index contributed by atoms with van der Waals surface area (Å²) in [4.78, 5) is 23.6. The van der Waals surface area contributed by atoms with E-state index in [0.717, 1.165) is 0 Å². The zero-order valence-corrected chi connectivity index (χ0v) is 11.9. The van der Waals surface area contributed by atoms with Crippen molar-refractivity contribution in [3.63, 3.8) is 0 Å². The van der Waals surface area contributed by atoms with Crippen molar-refractivity contribution in [1.82, 2.24) is 0 Å². The molecule has 1 aliphatic heterocycles. The number of nitrogens with zero attached hydrogens (tertiary/aromatic N) is 1. The van der Waals surface area contributed by atoms with Crippen molar-refractivity contribution >= 4 is 11.8 Å². The van der Waals surface area contributed by atoms with Crippen LogP contribution in [0.4, 0.5) is 0 Å². The van der Waals surface area contributed by atoms with Gasteiger partial charge in [0.1, 0.15) is 24.9 Å². The van der Waals surface area contributed by atoms with Crippen LogP contribution in [0.1, 0.15) is 17.3 Å². The third-order valence-corrected chi connectivity index (χ3v) is 2.90. The highest BCUT2D eigenvalue weighted by atomic mass is 16.6. The number of fused-ring (bicyclic) bond motifs is 1. The van der Waals surface area contributed by atoms with E-state index in [1.165, 1.54) is 19.1 Å². The van der Waals surface area contributed by atoms with Crippen LogP contribution in [-0.2, 0) is 9.53 Å². The maximum absolute atomic E-state index is 11.9. The molecule has 114 valence electrons. The van der Waals surface area contributed by atoms with Gasteiger partial charge in [-0.05, 0) is 25.1 Å². The van der Waals surface area contributed by atoms with Gasteiger partial charge in [-0.2, -0.15) is 5.26 Å². The molecule has 0 amide bonds. The summed E-state index contributed by atoms with van der Waals surface area (Å²) in [7, 11) is 0. The summed E-state index contributed by atoms with van der Waals surface area (Å²) in [5.74, 6) is -0.347. The van der Waals surface area contributed by atoms with Gasteiger partial charge in [0, 0.05) is 5.70 Å². The van der Waals surface area contributed by atoms with Crippen molar-refractivity contribution in [2.45, 2.75) is 6.92 Å². The zero-order valence-electron chi connectivity index (χ0n) is 11.9. The predicted molar refractivity (Wildman–Crippen MR) is 75.2 cm³/mol. The summed E-state index contributed by atoms with van der Waals surface area (Å²) >= 11 is 0. The minimum atomic E-state index is -0.697. The minimum absolute atomic E-state index is 0.0860. The van der Waals surface area contributed by atoms with E-state index in [9.17, 15) is 9.59 Å². The van der Waals surface area contributed by atoms with Crippen LogP contribution in [0.2, 0.25) is 0 Å². The Kier molecular flexibility index (Phi) is 4.63. The van der Waals surface area contributed by atoms with E-state index in [4.69, 9.17) is 25.2 Å². The molecule has 0 aromatic heterocycles. The quantitative estimate of drug-likeness (QED) is 0.500. The summed E-state index contributed by atoms with van der Waals surface area (Å²) in [6, 6.07) is 6.27. The van der Waals surface area contributed by atoms with Gasteiger partial charge in [0.05, 0.1) is 5.56 Å². The Morgan fingerprint density at radius 3 is 2.64 bits per heavy atom. The first-order valence-electron chi connectivity index (χ1n) is 6.49. The Hall–Kier alpha value is -3.01. The number of carbonyl (C=O) groups excluding carboxylic acids is 2. The highest BCUT2D eigenvalue weighted by Gasteiger charge is 2.18. The van der Waals surface area contributed by atoms with E-state index < -0.39 is 18.4 Å². The molecule has 0 aliphatic carbocycles. The van der Waals surface area contributed by atoms with Gasteiger partial charge in [0.2, 0.25) is 5.78 Å². The highest BCUT2D eigenvalue weighted by Crippen LogP contribution is 2.30. The Morgan fingerprint density at radius 2 is 2.00 bits per heavy atom. The standard InChI is InChI=1S/C15H14N2O5/c1-9(17)11(7-16)12(18)8-22-15(19)10-2-3-13-14(6-10)21-5-4-20-13/h2-3,6H,4-5,8,17H2,1H3/b11-9+. The Bertz CT molecular complexity index is 684. The number of benzene rings is 1. The average molecular weight is 302 g/mol. The van der Waals surface area contributed by atoms with Gasteiger partial charge in [0.25, 0.3) is 0 Å². The second-order valence-electron chi connectivity index (χ2n) is 4.53. The molecule has 0 saturated carbocycles. The number of hydrogen-bond acceptors (Lipinski definition) is 7. The Balaban J connectivity index is 2.03. The summed E-state index contributed by atoms with van der Waals surface area (Å²) in [5.41, 5.74) is 5.51. The molecule has 22 heavy (non-hydrogen) atoms. The van der Waals surface area contributed by atoms with E-state index >= 15 is 0 Å².